The van der Waals surface area contributed by atoms with Gasteiger partial charge in [0, 0.05) is 18.3 Å². The van der Waals surface area contributed by atoms with Crippen molar-refractivity contribution in [2.45, 2.75) is 52.4 Å². The topological polar surface area (TPSA) is 34.1 Å². The van der Waals surface area contributed by atoms with Crippen molar-refractivity contribution in [3.05, 3.63) is 11.1 Å². The van der Waals surface area contributed by atoms with Crippen molar-refractivity contribution >= 4 is 11.6 Å². The minimum atomic E-state index is -0.311. The van der Waals surface area contributed by atoms with Crippen LogP contribution < -0.4 is 0 Å². The van der Waals surface area contributed by atoms with Crippen molar-refractivity contribution in [1.29, 1.82) is 0 Å². The second-order valence-corrected chi connectivity index (χ2v) is 4.99. The summed E-state index contributed by atoms with van der Waals surface area (Å²) >= 11 is 0. The van der Waals surface area contributed by atoms with Crippen LogP contribution in [-0.4, -0.2) is 11.6 Å². The first-order valence-electron chi connectivity index (χ1n) is 5.82. The lowest BCUT2D eigenvalue weighted by Gasteiger charge is -2.34. The molecule has 0 radical (unpaired) electrons. The highest BCUT2D eigenvalue weighted by molar-refractivity contribution is 6.00. The number of rotatable bonds is 0. The summed E-state index contributed by atoms with van der Waals surface area (Å²) in [6, 6.07) is 0. The van der Waals surface area contributed by atoms with Crippen LogP contribution in [0.25, 0.3) is 0 Å². The molecule has 0 aromatic carbocycles. The van der Waals surface area contributed by atoms with Gasteiger partial charge in [-0.15, -0.1) is 0 Å². The minimum absolute atomic E-state index is 0.247. The molecule has 1 fully saturated rings. The highest BCUT2D eigenvalue weighted by Crippen LogP contribution is 2.45. The Morgan fingerprint density at radius 2 is 1.73 bits per heavy atom. The van der Waals surface area contributed by atoms with E-state index in [1.54, 1.807) is 0 Å². The zero-order chi connectivity index (χ0) is 11.1. The molecule has 2 rings (SSSR count). The molecule has 1 atom stereocenters. The molecule has 0 heterocycles. The van der Waals surface area contributed by atoms with Gasteiger partial charge in [-0.3, -0.25) is 9.59 Å². The third kappa shape index (κ3) is 1.56. The highest BCUT2D eigenvalue weighted by Gasteiger charge is 2.42. The lowest BCUT2D eigenvalue weighted by molar-refractivity contribution is -0.127. The third-order valence-electron chi connectivity index (χ3n) is 4.09. The van der Waals surface area contributed by atoms with Gasteiger partial charge in [0.25, 0.3) is 0 Å². The van der Waals surface area contributed by atoms with E-state index >= 15 is 0 Å². The molecule has 15 heavy (non-hydrogen) atoms. The van der Waals surface area contributed by atoms with Crippen LogP contribution in [-0.2, 0) is 9.59 Å². The normalized spacial score (nSPS) is 32.7. The number of Topliss-reactive ketones (excluding diaryl/α,β-unsaturated/α-hetero) is 2. The molecule has 2 nitrogen and oxygen atoms in total. The molecule has 2 aliphatic carbocycles. The Morgan fingerprint density at radius 1 is 1.07 bits per heavy atom. The lowest BCUT2D eigenvalue weighted by Crippen LogP contribution is -2.34. The Kier molecular flexibility index (Phi) is 2.53. The Balaban J connectivity index is 2.50. The number of fused-ring (bicyclic) bond motifs is 1. The van der Waals surface area contributed by atoms with Crippen molar-refractivity contribution < 1.29 is 9.59 Å². The fraction of sp³-hybridized carbons (Fsp3) is 0.692. The molecule has 0 bridgehead atoms. The smallest absolute Gasteiger partial charge is 0.158 e. The van der Waals surface area contributed by atoms with Crippen molar-refractivity contribution in [3.8, 4) is 0 Å². The number of hydrogen-bond donors (Lipinski definition) is 0. The van der Waals surface area contributed by atoms with E-state index in [1.807, 2.05) is 13.8 Å². The van der Waals surface area contributed by atoms with E-state index in [1.165, 1.54) is 0 Å². The summed E-state index contributed by atoms with van der Waals surface area (Å²) in [6.45, 7) is 3.93. The minimum Gasteiger partial charge on any atom is -0.299 e. The quantitative estimate of drug-likeness (QED) is 0.610. The zero-order valence-electron chi connectivity index (χ0n) is 9.56. The Hall–Kier alpha value is -0.920. The number of carbonyl (C=O) groups excluding carboxylic acids is 2. The van der Waals surface area contributed by atoms with Crippen LogP contribution in [0.2, 0.25) is 0 Å². The van der Waals surface area contributed by atoms with Crippen LogP contribution in [0.4, 0.5) is 0 Å². The van der Waals surface area contributed by atoms with E-state index < -0.39 is 0 Å². The molecule has 0 amide bonds. The maximum atomic E-state index is 12.1. The molecular formula is C13H18O2. The Labute approximate surface area is 90.7 Å². The molecular weight excluding hydrogens is 188 g/mol. The third-order valence-corrected chi connectivity index (χ3v) is 4.09. The van der Waals surface area contributed by atoms with Crippen molar-refractivity contribution in [1.82, 2.24) is 0 Å². The molecule has 0 aromatic rings. The van der Waals surface area contributed by atoms with E-state index in [9.17, 15) is 9.59 Å². The summed E-state index contributed by atoms with van der Waals surface area (Å²) in [4.78, 5) is 23.7. The molecule has 0 saturated heterocycles. The van der Waals surface area contributed by atoms with Gasteiger partial charge in [0.1, 0.15) is 5.78 Å². The van der Waals surface area contributed by atoms with Crippen LogP contribution in [0.3, 0.4) is 0 Å². The molecule has 2 aliphatic rings. The summed E-state index contributed by atoms with van der Waals surface area (Å²) in [5.41, 5.74) is 1.70. The number of hydrogen-bond acceptors (Lipinski definition) is 2. The first-order valence-corrected chi connectivity index (χ1v) is 5.82. The maximum absolute atomic E-state index is 12.1. The van der Waals surface area contributed by atoms with E-state index in [0.29, 0.717) is 18.6 Å². The predicted molar refractivity (Wildman–Crippen MR) is 58.5 cm³/mol. The van der Waals surface area contributed by atoms with Crippen LogP contribution in [0.15, 0.2) is 11.1 Å². The van der Waals surface area contributed by atoms with Gasteiger partial charge in [-0.2, -0.15) is 0 Å². The van der Waals surface area contributed by atoms with E-state index in [4.69, 9.17) is 0 Å². The van der Waals surface area contributed by atoms with Crippen molar-refractivity contribution in [2.75, 3.05) is 0 Å². The first-order chi connectivity index (χ1) is 7.05. The molecule has 0 spiro atoms. The molecule has 1 saturated carbocycles. The number of allylic oxidation sites excluding steroid dienone is 2. The van der Waals surface area contributed by atoms with Gasteiger partial charge < -0.3 is 0 Å². The molecule has 0 aromatic heterocycles. The van der Waals surface area contributed by atoms with E-state index in [2.05, 4.69) is 0 Å². The monoisotopic (exact) mass is 206 g/mol. The highest BCUT2D eigenvalue weighted by atomic mass is 16.1. The fourth-order valence-corrected chi connectivity index (χ4v) is 2.92. The van der Waals surface area contributed by atoms with Crippen LogP contribution in [0, 0.1) is 5.41 Å². The summed E-state index contributed by atoms with van der Waals surface area (Å²) in [6.07, 6.45) is 4.97. The Morgan fingerprint density at radius 3 is 2.47 bits per heavy atom. The largest absolute Gasteiger partial charge is 0.299 e. The average molecular weight is 206 g/mol. The van der Waals surface area contributed by atoms with Crippen LogP contribution >= 0.6 is 0 Å². The van der Waals surface area contributed by atoms with Gasteiger partial charge in [0.15, 0.2) is 5.78 Å². The molecule has 0 N–H and O–H groups in total. The van der Waals surface area contributed by atoms with Gasteiger partial charge in [0.05, 0.1) is 0 Å². The number of carbonyl (C=O) groups is 2. The summed E-state index contributed by atoms with van der Waals surface area (Å²) in [5.74, 6) is 0.596. The number of ketones is 2. The SMILES string of the molecule is CC1=C2CCCCC(=O)[C@]2(C)CCC1=O. The summed E-state index contributed by atoms with van der Waals surface area (Å²) < 4.78 is 0. The van der Waals surface area contributed by atoms with Crippen LogP contribution in [0.5, 0.6) is 0 Å². The molecule has 0 aliphatic heterocycles. The molecule has 0 unspecified atom stereocenters. The lowest BCUT2D eigenvalue weighted by atomic mass is 9.68. The van der Waals surface area contributed by atoms with Crippen LogP contribution in [0.1, 0.15) is 52.4 Å². The van der Waals surface area contributed by atoms with Gasteiger partial charge >= 0.3 is 0 Å². The summed E-state index contributed by atoms with van der Waals surface area (Å²) in [7, 11) is 0. The van der Waals surface area contributed by atoms with Gasteiger partial charge in [-0.25, -0.2) is 0 Å². The fourth-order valence-electron chi connectivity index (χ4n) is 2.92. The maximum Gasteiger partial charge on any atom is 0.158 e. The Bertz CT molecular complexity index is 352. The summed E-state index contributed by atoms with van der Waals surface area (Å²) in [5, 5.41) is 0. The van der Waals surface area contributed by atoms with E-state index in [-0.39, 0.29) is 11.2 Å². The van der Waals surface area contributed by atoms with Gasteiger partial charge in [-0.1, -0.05) is 5.57 Å². The second-order valence-electron chi connectivity index (χ2n) is 4.99. The molecule has 82 valence electrons. The van der Waals surface area contributed by atoms with Gasteiger partial charge in [-0.05, 0) is 45.1 Å². The van der Waals surface area contributed by atoms with Crippen molar-refractivity contribution in [2.24, 2.45) is 5.41 Å². The average Bonchev–Trinajstić information content (AvgIpc) is 2.35. The van der Waals surface area contributed by atoms with E-state index in [0.717, 1.165) is 36.8 Å². The second kappa shape index (κ2) is 3.58. The predicted octanol–water partition coefficient (Wildman–Crippen LogP) is 2.82. The molecule has 2 heteroatoms. The van der Waals surface area contributed by atoms with Crippen molar-refractivity contribution in [3.63, 3.8) is 0 Å². The van der Waals surface area contributed by atoms with Gasteiger partial charge in [0.2, 0.25) is 0 Å². The zero-order valence-corrected chi connectivity index (χ0v) is 9.56. The first kappa shape index (κ1) is 10.6. The standard InChI is InChI=1S/C13H18O2/c1-9-10-5-3-4-6-12(15)13(10,2)8-7-11(9)14/h3-8H2,1-2H3/t13-/m1/s1.